The first kappa shape index (κ1) is 13.4. The monoisotopic (exact) mass is 279 g/mol. The molecule has 0 aliphatic carbocycles. The van der Waals surface area contributed by atoms with Crippen molar-refractivity contribution in [3.8, 4) is 5.75 Å². The lowest BCUT2D eigenvalue weighted by Crippen LogP contribution is -2.29. The van der Waals surface area contributed by atoms with Crippen molar-refractivity contribution >= 4 is 23.4 Å². The number of halogens is 2. The number of nitrogens with zero attached hydrogens (tertiary/aromatic N) is 1. The first-order valence-corrected chi connectivity index (χ1v) is 5.91. The molecule has 0 bridgehead atoms. The van der Waals surface area contributed by atoms with Gasteiger partial charge >= 0.3 is 6.09 Å². The van der Waals surface area contributed by atoms with Crippen LogP contribution in [0.5, 0.6) is 5.75 Å². The molecule has 3 nitrogen and oxygen atoms in total. The van der Waals surface area contributed by atoms with Gasteiger partial charge in [0.25, 0.3) is 0 Å². The molecule has 0 aliphatic heterocycles. The summed E-state index contributed by atoms with van der Waals surface area (Å²) in [6.07, 6.45) is -0.674. The molecule has 1 amide bonds. The molecule has 0 saturated carbocycles. The molecule has 0 saturated heterocycles. The Morgan fingerprint density at radius 1 is 1.21 bits per heavy atom. The van der Waals surface area contributed by atoms with Gasteiger partial charge in [-0.25, -0.2) is 9.18 Å². The first-order valence-electron chi connectivity index (χ1n) is 5.53. The van der Waals surface area contributed by atoms with Gasteiger partial charge in [-0.3, -0.25) is 4.90 Å². The van der Waals surface area contributed by atoms with E-state index in [-0.39, 0.29) is 10.8 Å². The summed E-state index contributed by atoms with van der Waals surface area (Å²) in [5, 5.41) is 0.244. The molecule has 2 rings (SSSR count). The fraction of sp³-hybridized carbons (Fsp3) is 0.0714. The van der Waals surface area contributed by atoms with E-state index in [0.717, 1.165) is 6.07 Å². The topological polar surface area (TPSA) is 29.5 Å². The SMILES string of the molecule is CN(C(=O)Oc1ccc(Cl)cc1F)c1ccccc1. The van der Waals surface area contributed by atoms with E-state index in [9.17, 15) is 9.18 Å². The molecule has 0 aromatic heterocycles. The molecule has 0 fully saturated rings. The van der Waals surface area contributed by atoms with Gasteiger partial charge < -0.3 is 4.74 Å². The van der Waals surface area contributed by atoms with Crippen molar-refractivity contribution in [2.24, 2.45) is 0 Å². The Balaban J connectivity index is 2.13. The highest BCUT2D eigenvalue weighted by atomic mass is 35.5. The Bertz CT molecular complexity index is 589. The molecule has 0 atom stereocenters. The summed E-state index contributed by atoms with van der Waals surface area (Å²) in [6.45, 7) is 0. The summed E-state index contributed by atoms with van der Waals surface area (Å²) in [5.41, 5.74) is 0.655. The van der Waals surface area contributed by atoms with Gasteiger partial charge in [0, 0.05) is 17.8 Å². The van der Waals surface area contributed by atoms with Crippen LogP contribution in [0.1, 0.15) is 0 Å². The number of ether oxygens (including phenoxy) is 1. The molecule has 5 heteroatoms. The quantitative estimate of drug-likeness (QED) is 0.828. The Morgan fingerprint density at radius 2 is 1.89 bits per heavy atom. The molecule has 2 aromatic rings. The van der Waals surface area contributed by atoms with Crippen LogP contribution in [0.15, 0.2) is 48.5 Å². The van der Waals surface area contributed by atoms with Crippen molar-refractivity contribution < 1.29 is 13.9 Å². The minimum Gasteiger partial charge on any atom is -0.407 e. The van der Waals surface area contributed by atoms with E-state index >= 15 is 0 Å². The van der Waals surface area contributed by atoms with Crippen LogP contribution >= 0.6 is 11.6 Å². The second kappa shape index (κ2) is 5.71. The zero-order chi connectivity index (χ0) is 13.8. The highest BCUT2D eigenvalue weighted by Crippen LogP contribution is 2.22. The Hall–Kier alpha value is -2.07. The van der Waals surface area contributed by atoms with E-state index in [2.05, 4.69) is 0 Å². The maximum absolute atomic E-state index is 13.5. The molecular formula is C14H11ClFNO2. The number of benzene rings is 2. The zero-order valence-electron chi connectivity index (χ0n) is 10.1. The lowest BCUT2D eigenvalue weighted by molar-refractivity contribution is 0.207. The molecule has 0 N–H and O–H groups in total. The molecule has 0 aliphatic rings. The summed E-state index contributed by atoms with van der Waals surface area (Å²) in [6, 6.07) is 12.8. The van der Waals surface area contributed by atoms with Gasteiger partial charge in [-0.2, -0.15) is 0 Å². The summed E-state index contributed by atoms with van der Waals surface area (Å²) >= 11 is 5.62. The van der Waals surface area contributed by atoms with E-state index in [0.29, 0.717) is 5.69 Å². The minimum absolute atomic E-state index is 0.155. The smallest absolute Gasteiger partial charge is 0.407 e. The highest BCUT2D eigenvalue weighted by molar-refractivity contribution is 6.30. The van der Waals surface area contributed by atoms with Crippen LogP contribution < -0.4 is 9.64 Å². The number of carbonyl (C=O) groups is 1. The minimum atomic E-state index is -0.678. The van der Waals surface area contributed by atoms with Gasteiger partial charge in [0.05, 0.1) is 0 Å². The third kappa shape index (κ3) is 3.23. The standard InChI is InChI=1S/C14H11ClFNO2/c1-17(11-5-3-2-4-6-11)14(18)19-13-8-7-10(15)9-12(13)16/h2-9H,1H3. The van der Waals surface area contributed by atoms with E-state index < -0.39 is 11.9 Å². The van der Waals surface area contributed by atoms with Gasteiger partial charge in [-0.05, 0) is 30.3 Å². The molecule has 0 heterocycles. The predicted octanol–water partition coefficient (Wildman–Crippen LogP) is 4.11. The molecule has 2 aromatic carbocycles. The summed E-state index contributed by atoms with van der Waals surface area (Å²) in [7, 11) is 1.55. The number of hydrogen-bond acceptors (Lipinski definition) is 2. The molecule has 0 radical (unpaired) electrons. The van der Waals surface area contributed by atoms with Crippen molar-refractivity contribution in [1.29, 1.82) is 0 Å². The number of para-hydroxylation sites is 1. The second-order valence-corrected chi connectivity index (χ2v) is 4.27. The van der Waals surface area contributed by atoms with E-state index in [4.69, 9.17) is 16.3 Å². The molecule has 19 heavy (non-hydrogen) atoms. The largest absolute Gasteiger partial charge is 0.419 e. The molecule has 0 unspecified atom stereocenters. The Kier molecular flexibility index (Phi) is 4.02. The lowest BCUT2D eigenvalue weighted by atomic mass is 10.3. The zero-order valence-corrected chi connectivity index (χ0v) is 10.9. The third-order valence-corrected chi connectivity index (χ3v) is 2.74. The lowest BCUT2D eigenvalue weighted by Gasteiger charge is -2.16. The second-order valence-electron chi connectivity index (χ2n) is 3.84. The number of carbonyl (C=O) groups excluding carboxylic acids is 1. The third-order valence-electron chi connectivity index (χ3n) is 2.51. The average molecular weight is 280 g/mol. The predicted molar refractivity (Wildman–Crippen MR) is 72.3 cm³/mol. The van der Waals surface area contributed by atoms with Crippen molar-refractivity contribution in [3.05, 3.63) is 59.4 Å². The van der Waals surface area contributed by atoms with E-state index in [1.807, 2.05) is 6.07 Å². The Morgan fingerprint density at radius 3 is 2.53 bits per heavy atom. The first-order chi connectivity index (χ1) is 9.08. The van der Waals surface area contributed by atoms with Crippen LogP contribution in [0.2, 0.25) is 5.02 Å². The van der Waals surface area contributed by atoms with E-state index in [1.165, 1.54) is 17.0 Å². The van der Waals surface area contributed by atoms with Crippen molar-refractivity contribution in [1.82, 2.24) is 0 Å². The highest BCUT2D eigenvalue weighted by Gasteiger charge is 2.15. The Labute approximate surface area is 115 Å². The van der Waals surface area contributed by atoms with Crippen LogP contribution in [0.4, 0.5) is 14.9 Å². The maximum Gasteiger partial charge on any atom is 0.419 e. The number of anilines is 1. The van der Waals surface area contributed by atoms with Crippen LogP contribution in [-0.4, -0.2) is 13.1 Å². The fourth-order valence-corrected chi connectivity index (χ4v) is 1.64. The molecule has 98 valence electrons. The van der Waals surface area contributed by atoms with Crippen LogP contribution in [0.3, 0.4) is 0 Å². The maximum atomic E-state index is 13.5. The normalized spacial score (nSPS) is 10.1. The average Bonchev–Trinajstić information content (AvgIpc) is 2.42. The van der Waals surface area contributed by atoms with Gasteiger partial charge in [0.1, 0.15) is 0 Å². The van der Waals surface area contributed by atoms with Gasteiger partial charge in [0.15, 0.2) is 11.6 Å². The fourth-order valence-electron chi connectivity index (χ4n) is 1.48. The number of hydrogen-bond donors (Lipinski definition) is 0. The van der Waals surface area contributed by atoms with Crippen molar-refractivity contribution in [3.63, 3.8) is 0 Å². The van der Waals surface area contributed by atoms with Crippen LogP contribution in [0.25, 0.3) is 0 Å². The molecular weight excluding hydrogens is 269 g/mol. The van der Waals surface area contributed by atoms with Gasteiger partial charge in [-0.1, -0.05) is 29.8 Å². The van der Waals surface area contributed by atoms with Crippen molar-refractivity contribution in [2.45, 2.75) is 0 Å². The number of rotatable bonds is 2. The molecule has 0 spiro atoms. The summed E-state index contributed by atoms with van der Waals surface area (Å²) < 4.78 is 18.5. The van der Waals surface area contributed by atoms with Crippen molar-refractivity contribution in [2.75, 3.05) is 11.9 Å². The van der Waals surface area contributed by atoms with Crippen LogP contribution in [0, 0.1) is 5.82 Å². The van der Waals surface area contributed by atoms with Crippen LogP contribution in [-0.2, 0) is 0 Å². The summed E-state index contributed by atoms with van der Waals surface area (Å²) in [4.78, 5) is 13.1. The summed E-state index contributed by atoms with van der Waals surface area (Å²) in [5.74, 6) is -0.834. The number of amides is 1. The van der Waals surface area contributed by atoms with Gasteiger partial charge in [-0.15, -0.1) is 0 Å². The van der Waals surface area contributed by atoms with Gasteiger partial charge in [0.2, 0.25) is 0 Å². The van der Waals surface area contributed by atoms with E-state index in [1.54, 1.807) is 31.3 Å².